The number of aromatic carboxylic acids is 1. The number of benzene rings is 2. The van der Waals surface area contributed by atoms with Gasteiger partial charge in [0.25, 0.3) is 0 Å². The van der Waals surface area contributed by atoms with Gasteiger partial charge in [0.1, 0.15) is 5.56 Å². The standard InChI is InChI=1S/C17H10BrF2NO3/c18-10-3-1-9(2-4-10)7-21-8-12(17(23)24)16(22)11-5-13(19)14(20)6-15(11)21/h1-6,8H,7H2,(H,23,24). The molecule has 0 fully saturated rings. The van der Waals surface area contributed by atoms with Crippen LogP contribution in [-0.2, 0) is 6.54 Å². The Bertz CT molecular complexity index is 1010. The fourth-order valence-electron chi connectivity index (χ4n) is 2.45. The largest absolute Gasteiger partial charge is 0.477 e. The molecule has 1 aromatic heterocycles. The molecule has 3 aromatic rings. The van der Waals surface area contributed by atoms with Gasteiger partial charge in [-0.1, -0.05) is 28.1 Å². The van der Waals surface area contributed by atoms with Gasteiger partial charge in [-0.25, -0.2) is 13.6 Å². The fourth-order valence-corrected chi connectivity index (χ4v) is 2.72. The molecule has 4 nitrogen and oxygen atoms in total. The summed E-state index contributed by atoms with van der Waals surface area (Å²) in [5, 5.41) is 9.01. The van der Waals surface area contributed by atoms with Crippen molar-refractivity contribution in [3.05, 3.63) is 80.1 Å². The molecule has 122 valence electrons. The molecule has 0 aliphatic rings. The van der Waals surface area contributed by atoms with E-state index in [4.69, 9.17) is 0 Å². The number of fused-ring (bicyclic) bond motifs is 1. The third-order valence-corrected chi connectivity index (χ3v) is 4.15. The molecule has 0 unspecified atom stereocenters. The predicted octanol–water partition coefficient (Wildman–Crippen LogP) is 3.79. The molecule has 24 heavy (non-hydrogen) atoms. The average Bonchev–Trinajstić information content (AvgIpc) is 2.53. The number of carboxylic acids is 1. The van der Waals surface area contributed by atoms with Crippen molar-refractivity contribution < 1.29 is 18.7 Å². The Morgan fingerprint density at radius 3 is 2.38 bits per heavy atom. The van der Waals surface area contributed by atoms with Crippen LogP contribution >= 0.6 is 15.9 Å². The first-order valence-corrected chi connectivity index (χ1v) is 7.66. The molecule has 7 heteroatoms. The summed E-state index contributed by atoms with van der Waals surface area (Å²) in [7, 11) is 0. The van der Waals surface area contributed by atoms with Crippen molar-refractivity contribution in [1.29, 1.82) is 0 Å². The van der Waals surface area contributed by atoms with Crippen LogP contribution in [0.2, 0.25) is 0 Å². The number of carboxylic acid groups (broad SMARTS) is 1. The molecule has 0 atom stereocenters. The number of aromatic nitrogens is 1. The van der Waals surface area contributed by atoms with Crippen LogP contribution in [0, 0.1) is 11.6 Å². The van der Waals surface area contributed by atoms with Gasteiger partial charge in [-0.2, -0.15) is 0 Å². The van der Waals surface area contributed by atoms with E-state index >= 15 is 0 Å². The van der Waals surface area contributed by atoms with E-state index in [1.54, 1.807) is 24.3 Å². The summed E-state index contributed by atoms with van der Waals surface area (Å²) in [5.41, 5.74) is -0.398. The minimum Gasteiger partial charge on any atom is -0.477 e. The van der Waals surface area contributed by atoms with Gasteiger partial charge in [0, 0.05) is 28.7 Å². The zero-order valence-electron chi connectivity index (χ0n) is 12.1. The second kappa shape index (κ2) is 6.16. The highest BCUT2D eigenvalue weighted by Gasteiger charge is 2.17. The number of carbonyl (C=O) groups is 1. The van der Waals surface area contributed by atoms with E-state index in [1.165, 1.54) is 4.57 Å². The number of pyridine rings is 1. The molecule has 3 rings (SSSR count). The van der Waals surface area contributed by atoms with Crippen LogP contribution in [0.5, 0.6) is 0 Å². The van der Waals surface area contributed by atoms with Crippen molar-refractivity contribution in [2.24, 2.45) is 0 Å². The van der Waals surface area contributed by atoms with Crippen LogP contribution in [0.25, 0.3) is 10.9 Å². The monoisotopic (exact) mass is 393 g/mol. The maximum Gasteiger partial charge on any atom is 0.341 e. The fraction of sp³-hybridized carbons (Fsp3) is 0.0588. The number of rotatable bonds is 3. The predicted molar refractivity (Wildman–Crippen MR) is 88.3 cm³/mol. The molecule has 0 amide bonds. The lowest BCUT2D eigenvalue weighted by molar-refractivity contribution is 0.0695. The summed E-state index contributed by atoms with van der Waals surface area (Å²) < 4.78 is 29.4. The second-order valence-electron chi connectivity index (χ2n) is 5.21. The lowest BCUT2D eigenvalue weighted by Crippen LogP contribution is -2.19. The van der Waals surface area contributed by atoms with Gasteiger partial charge >= 0.3 is 5.97 Å². The maximum atomic E-state index is 13.6. The van der Waals surface area contributed by atoms with Gasteiger partial charge < -0.3 is 9.67 Å². The molecule has 0 saturated heterocycles. The summed E-state index contributed by atoms with van der Waals surface area (Å²) in [6.45, 7) is 0.204. The van der Waals surface area contributed by atoms with E-state index in [0.29, 0.717) is 0 Å². The van der Waals surface area contributed by atoms with Crippen LogP contribution in [-0.4, -0.2) is 15.6 Å². The Kier molecular flexibility index (Phi) is 4.19. The molecule has 0 aliphatic heterocycles. The lowest BCUT2D eigenvalue weighted by atomic mass is 10.1. The molecule has 0 radical (unpaired) electrons. The van der Waals surface area contributed by atoms with Crippen molar-refractivity contribution in [3.63, 3.8) is 0 Å². The quantitative estimate of drug-likeness (QED) is 0.736. The van der Waals surface area contributed by atoms with E-state index in [9.17, 15) is 23.5 Å². The van der Waals surface area contributed by atoms with E-state index in [1.807, 2.05) is 0 Å². The summed E-state index contributed by atoms with van der Waals surface area (Å²) in [5.74, 6) is -3.72. The summed E-state index contributed by atoms with van der Waals surface area (Å²) in [4.78, 5) is 23.5. The van der Waals surface area contributed by atoms with Gasteiger partial charge in [-0.15, -0.1) is 0 Å². The molecular weight excluding hydrogens is 384 g/mol. The average molecular weight is 394 g/mol. The smallest absolute Gasteiger partial charge is 0.341 e. The normalized spacial score (nSPS) is 11.0. The topological polar surface area (TPSA) is 59.3 Å². The van der Waals surface area contributed by atoms with Crippen molar-refractivity contribution in [3.8, 4) is 0 Å². The number of nitrogens with zero attached hydrogens (tertiary/aromatic N) is 1. The van der Waals surface area contributed by atoms with Crippen molar-refractivity contribution >= 4 is 32.8 Å². The van der Waals surface area contributed by atoms with Crippen LogP contribution in [0.3, 0.4) is 0 Å². The molecule has 0 spiro atoms. The Morgan fingerprint density at radius 1 is 1.12 bits per heavy atom. The Labute approximate surface area is 143 Å². The van der Waals surface area contributed by atoms with Crippen LogP contribution in [0.15, 0.2) is 51.9 Å². The Balaban J connectivity index is 2.26. The van der Waals surface area contributed by atoms with Crippen molar-refractivity contribution in [2.45, 2.75) is 6.54 Å². The summed E-state index contributed by atoms with van der Waals surface area (Å²) in [6, 6.07) is 8.84. The number of hydrogen-bond acceptors (Lipinski definition) is 2. The first kappa shape index (κ1) is 16.3. The van der Waals surface area contributed by atoms with E-state index in [0.717, 1.165) is 28.4 Å². The highest BCUT2D eigenvalue weighted by Crippen LogP contribution is 2.19. The van der Waals surface area contributed by atoms with Crippen LogP contribution < -0.4 is 5.43 Å². The van der Waals surface area contributed by atoms with Gasteiger partial charge in [0.15, 0.2) is 11.6 Å². The molecular formula is C17H10BrF2NO3. The Morgan fingerprint density at radius 2 is 1.75 bits per heavy atom. The van der Waals surface area contributed by atoms with Gasteiger partial charge in [-0.05, 0) is 23.8 Å². The first-order chi connectivity index (χ1) is 11.4. The highest BCUT2D eigenvalue weighted by molar-refractivity contribution is 9.10. The molecule has 1 N–H and O–H groups in total. The van der Waals surface area contributed by atoms with E-state index in [-0.39, 0.29) is 17.4 Å². The second-order valence-corrected chi connectivity index (χ2v) is 6.13. The molecule has 2 aromatic carbocycles. The molecule has 1 heterocycles. The maximum absolute atomic E-state index is 13.6. The van der Waals surface area contributed by atoms with E-state index < -0.39 is 28.6 Å². The van der Waals surface area contributed by atoms with Crippen LogP contribution in [0.4, 0.5) is 8.78 Å². The van der Waals surface area contributed by atoms with Gasteiger partial charge in [0.2, 0.25) is 5.43 Å². The zero-order valence-corrected chi connectivity index (χ0v) is 13.7. The third-order valence-electron chi connectivity index (χ3n) is 3.62. The SMILES string of the molecule is O=C(O)c1cn(Cc2ccc(Br)cc2)c2cc(F)c(F)cc2c1=O. The van der Waals surface area contributed by atoms with Gasteiger partial charge in [0.05, 0.1) is 5.52 Å². The number of hydrogen-bond donors (Lipinski definition) is 1. The number of halogens is 3. The molecule has 0 bridgehead atoms. The van der Waals surface area contributed by atoms with Gasteiger partial charge in [-0.3, -0.25) is 4.79 Å². The Hall–Kier alpha value is -2.54. The minimum absolute atomic E-state index is 0.131. The third kappa shape index (κ3) is 2.94. The minimum atomic E-state index is -1.42. The summed E-state index contributed by atoms with van der Waals surface area (Å²) >= 11 is 3.31. The van der Waals surface area contributed by atoms with Crippen molar-refractivity contribution in [2.75, 3.05) is 0 Å². The van der Waals surface area contributed by atoms with Crippen molar-refractivity contribution in [1.82, 2.24) is 4.57 Å². The molecule has 0 saturated carbocycles. The van der Waals surface area contributed by atoms with E-state index in [2.05, 4.69) is 15.9 Å². The highest BCUT2D eigenvalue weighted by atomic mass is 79.9. The summed E-state index contributed by atoms with van der Waals surface area (Å²) in [6.07, 6.45) is 1.15. The lowest BCUT2D eigenvalue weighted by Gasteiger charge is -2.13. The first-order valence-electron chi connectivity index (χ1n) is 6.87. The van der Waals surface area contributed by atoms with Crippen LogP contribution in [0.1, 0.15) is 15.9 Å². The zero-order chi connectivity index (χ0) is 17.4. The molecule has 0 aliphatic carbocycles.